The topological polar surface area (TPSA) is 55.1 Å². The van der Waals surface area contributed by atoms with E-state index in [2.05, 4.69) is 12.2 Å². The number of nitrogens with two attached hydrogens (primary N) is 1. The zero-order valence-electron chi connectivity index (χ0n) is 10.2. The van der Waals surface area contributed by atoms with Crippen molar-refractivity contribution in [1.29, 1.82) is 0 Å². The SMILES string of the molecule is CC(NC(=O)CC(N)C1CC1)C1CCCC1. The van der Waals surface area contributed by atoms with Crippen molar-refractivity contribution in [2.75, 3.05) is 0 Å². The van der Waals surface area contributed by atoms with Gasteiger partial charge in [0.15, 0.2) is 0 Å². The third kappa shape index (κ3) is 3.21. The van der Waals surface area contributed by atoms with Crippen molar-refractivity contribution in [2.45, 2.75) is 64.0 Å². The standard InChI is InChI=1S/C13H24N2O/c1-9(10-4-2-3-5-10)15-13(16)8-12(14)11-6-7-11/h9-12H,2-8,14H2,1H3,(H,15,16). The zero-order valence-corrected chi connectivity index (χ0v) is 10.2. The molecule has 0 aliphatic heterocycles. The van der Waals surface area contributed by atoms with Crippen LogP contribution in [0.25, 0.3) is 0 Å². The first kappa shape index (κ1) is 11.9. The van der Waals surface area contributed by atoms with Gasteiger partial charge in [-0.2, -0.15) is 0 Å². The molecule has 92 valence electrons. The highest BCUT2D eigenvalue weighted by molar-refractivity contribution is 5.76. The fourth-order valence-corrected chi connectivity index (χ4v) is 2.79. The number of carbonyl (C=O) groups excluding carboxylic acids is 1. The number of carbonyl (C=O) groups is 1. The third-order valence-electron chi connectivity index (χ3n) is 4.14. The summed E-state index contributed by atoms with van der Waals surface area (Å²) in [6, 6.07) is 0.428. The molecule has 2 fully saturated rings. The van der Waals surface area contributed by atoms with Crippen molar-refractivity contribution < 1.29 is 4.79 Å². The summed E-state index contributed by atoms with van der Waals surface area (Å²) in [5.41, 5.74) is 5.95. The van der Waals surface area contributed by atoms with E-state index < -0.39 is 0 Å². The summed E-state index contributed by atoms with van der Waals surface area (Å²) in [5.74, 6) is 1.47. The van der Waals surface area contributed by atoms with Gasteiger partial charge in [0, 0.05) is 18.5 Å². The van der Waals surface area contributed by atoms with Crippen LogP contribution in [0.4, 0.5) is 0 Å². The fourth-order valence-electron chi connectivity index (χ4n) is 2.79. The molecule has 16 heavy (non-hydrogen) atoms. The Kier molecular flexibility index (Phi) is 3.85. The summed E-state index contributed by atoms with van der Waals surface area (Å²) >= 11 is 0. The maximum Gasteiger partial charge on any atom is 0.221 e. The Hall–Kier alpha value is -0.570. The molecule has 0 radical (unpaired) electrons. The van der Waals surface area contributed by atoms with Crippen LogP contribution in [-0.4, -0.2) is 18.0 Å². The van der Waals surface area contributed by atoms with Gasteiger partial charge in [-0.05, 0) is 44.4 Å². The van der Waals surface area contributed by atoms with Gasteiger partial charge in [-0.1, -0.05) is 12.8 Å². The molecular formula is C13H24N2O. The molecule has 0 aromatic rings. The molecule has 2 unspecified atom stereocenters. The molecule has 2 atom stereocenters. The van der Waals surface area contributed by atoms with Crippen molar-refractivity contribution >= 4 is 5.91 Å². The highest BCUT2D eigenvalue weighted by Crippen LogP contribution is 2.33. The third-order valence-corrected chi connectivity index (χ3v) is 4.14. The normalized spacial score (nSPS) is 25.4. The molecule has 2 saturated carbocycles. The Balaban J connectivity index is 1.68. The maximum atomic E-state index is 11.8. The van der Waals surface area contributed by atoms with Crippen molar-refractivity contribution in [2.24, 2.45) is 17.6 Å². The summed E-state index contributed by atoms with van der Waals surface area (Å²) in [6.45, 7) is 2.14. The van der Waals surface area contributed by atoms with Gasteiger partial charge in [0.05, 0.1) is 0 Å². The van der Waals surface area contributed by atoms with Gasteiger partial charge in [0.1, 0.15) is 0 Å². The minimum absolute atomic E-state index is 0.0933. The molecular weight excluding hydrogens is 200 g/mol. The number of hydrogen-bond acceptors (Lipinski definition) is 2. The van der Waals surface area contributed by atoms with E-state index in [0.29, 0.717) is 24.3 Å². The smallest absolute Gasteiger partial charge is 0.221 e. The van der Waals surface area contributed by atoms with E-state index in [4.69, 9.17) is 5.73 Å². The number of nitrogens with one attached hydrogen (secondary N) is 1. The number of rotatable bonds is 5. The van der Waals surface area contributed by atoms with Crippen LogP contribution in [-0.2, 0) is 4.79 Å². The van der Waals surface area contributed by atoms with Gasteiger partial charge in [0.2, 0.25) is 5.91 Å². The van der Waals surface area contributed by atoms with E-state index in [-0.39, 0.29) is 11.9 Å². The van der Waals surface area contributed by atoms with E-state index in [0.717, 1.165) is 0 Å². The molecule has 3 nitrogen and oxygen atoms in total. The van der Waals surface area contributed by atoms with Crippen LogP contribution in [0.3, 0.4) is 0 Å². The Bertz CT molecular complexity index is 244. The monoisotopic (exact) mass is 224 g/mol. The van der Waals surface area contributed by atoms with Crippen LogP contribution in [0.15, 0.2) is 0 Å². The van der Waals surface area contributed by atoms with Crippen LogP contribution in [0.5, 0.6) is 0 Å². The molecule has 0 spiro atoms. The van der Waals surface area contributed by atoms with E-state index in [1.807, 2.05) is 0 Å². The fraction of sp³-hybridized carbons (Fsp3) is 0.923. The predicted octanol–water partition coefficient (Wildman–Crippen LogP) is 1.81. The van der Waals surface area contributed by atoms with Crippen LogP contribution in [0.2, 0.25) is 0 Å². The molecule has 3 heteroatoms. The molecule has 2 aliphatic rings. The Morgan fingerprint density at radius 1 is 1.25 bits per heavy atom. The first-order valence-corrected chi connectivity index (χ1v) is 6.71. The van der Waals surface area contributed by atoms with Crippen molar-refractivity contribution in [3.63, 3.8) is 0 Å². The average molecular weight is 224 g/mol. The summed E-state index contributed by atoms with van der Waals surface area (Å²) in [6.07, 6.45) is 8.14. The molecule has 0 bridgehead atoms. The van der Waals surface area contributed by atoms with Crippen molar-refractivity contribution in [1.82, 2.24) is 5.32 Å². The lowest BCUT2D eigenvalue weighted by molar-refractivity contribution is -0.122. The number of hydrogen-bond donors (Lipinski definition) is 2. The second-order valence-electron chi connectivity index (χ2n) is 5.61. The molecule has 2 rings (SSSR count). The minimum Gasteiger partial charge on any atom is -0.353 e. The highest BCUT2D eigenvalue weighted by Gasteiger charge is 2.30. The summed E-state index contributed by atoms with van der Waals surface area (Å²) < 4.78 is 0. The highest BCUT2D eigenvalue weighted by atomic mass is 16.1. The van der Waals surface area contributed by atoms with Gasteiger partial charge >= 0.3 is 0 Å². The molecule has 3 N–H and O–H groups in total. The summed E-state index contributed by atoms with van der Waals surface area (Å²) in [5, 5.41) is 3.12. The lowest BCUT2D eigenvalue weighted by Crippen LogP contribution is -2.40. The molecule has 0 aromatic heterocycles. The Morgan fingerprint density at radius 3 is 2.44 bits per heavy atom. The average Bonchev–Trinajstić information content (AvgIpc) is 2.93. The van der Waals surface area contributed by atoms with E-state index in [1.54, 1.807) is 0 Å². The van der Waals surface area contributed by atoms with Crippen molar-refractivity contribution in [3.8, 4) is 0 Å². The van der Waals surface area contributed by atoms with E-state index >= 15 is 0 Å². The van der Waals surface area contributed by atoms with Gasteiger partial charge in [0.25, 0.3) is 0 Å². The van der Waals surface area contributed by atoms with Gasteiger partial charge in [-0.3, -0.25) is 4.79 Å². The Morgan fingerprint density at radius 2 is 1.88 bits per heavy atom. The second-order valence-corrected chi connectivity index (χ2v) is 5.61. The maximum absolute atomic E-state index is 11.8. The lowest BCUT2D eigenvalue weighted by Gasteiger charge is -2.21. The van der Waals surface area contributed by atoms with E-state index in [9.17, 15) is 4.79 Å². The lowest BCUT2D eigenvalue weighted by atomic mass is 9.99. The Labute approximate surface area is 98.2 Å². The first-order chi connectivity index (χ1) is 7.66. The van der Waals surface area contributed by atoms with Crippen LogP contribution in [0, 0.1) is 11.8 Å². The quantitative estimate of drug-likeness (QED) is 0.748. The van der Waals surface area contributed by atoms with Crippen LogP contribution >= 0.6 is 0 Å². The van der Waals surface area contributed by atoms with E-state index in [1.165, 1.54) is 38.5 Å². The molecule has 0 aromatic carbocycles. The van der Waals surface area contributed by atoms with Gasteiger partial charge in [-0.15, -0.1) is 0 Å². The molecule has 2 aliphatic carbocycles. The second kappa shape index (κ2) is 5.17. The minimum atomic E-state index is 0.0933. The molecule has 0 heterocycles. The predicted molar refractivity (Wildman–Crippen MR) is 64.9 cm³/mol. The summed E-state index contributed by atoms with van der Waals surface area (Å²) in [7, 11) is 0. The molecule has 0 saturated heterocycles. The molecule has 1 amide bonds. The van der Waals surface area contributed by atoms with Gasteiger partial charge in [-0.25, -0.2) is 0 Å². The van der Waals surface area contributed by atoms with Crippen LogP contribution < -0.4 is 11.1 Å². The number of amides is 1. The van der Waals surface area contributed by atoms with Crippen molar-refractivity contribution in [3.05, 3.63) is 0 Å². The largest absolute Gasteiger partial charge is 0.353 e. The summed E-state index contributed by atoms with van der Waals surface area (Å²) in [4.78, 5) is 11.8. The van der Waals surface area contributed by atoms with Crippen LogP contribution in [0.1, 0.15) is 51.9 Å². The van der Waals surface area contributed by atoms with Gasteiger partial charge < -0.3 is 11.1 Å². The first-order valence-electron chi connectivity index (χ1n) is 6.71. The zero-order chi connectivity index (χ0) is 11.5.